The molecule has 118 valence electrons. The van der Waals surface area contributed by atoms with E-state index in [0.29, 0.717) is 13.1 Å². The first-order chi connectivity index (χ1) is 9.83. The van der Waals surface area contributed by atoms with E-state index in [1.54, 1.807) is 18.7 Å². The average Bonchev–Trinajstić information content (AvgIpc) is 2.78. The largest absolute Gasteiger partial charge is 0.360 e. The van der Waals surface area contributed by atoms with Crippen molar-refractivity contribution in [2.75, 3.05) is 13.1 Å². The summed E-state index contributed by atoms with van der Waals surface area (Å²) in [5, 5.41) is 3.63. The molecule has 0 aliphatic carbocycles. The van der Waals surface area contributed by atoms with Crippen LogP contribution >= 0.6 is 0 Å². The third-order valence-electron chi connectivity index (χ3n) is 3.61. The fraction of sp³-hybridized carbons (Fsp3) is 0.692. The topological polar surface area (TPSA) is 92.5 Å². The number of aryl methyl sites for hydroxylation is 2. The van der Waals surface area contributed by atoms with Gasteiger partial charge < -0.3 is 9.42 Å². The predicted octanol–water partition coefficient (Wildman–Crippen LogP) is 0.971. The Morgan fingerprint density at radius 1 is 1.29 bits per heavy atom. The van der Waals surface area contributed by atoms with Gasteiger partial charge in [0.25, 0.3) is 0 Å². The van der Waals surface area contributed by atoms with E-state index in [1.165, 1.54) is 6.92 Å². The summed E-state index contributed by atoms with van der Waals surface area (Å²) in [7, 11) is -3.81. The van der Waals surface area contributed by atoms with Gasteiger partial charge in [-0.25, -0.2) is 8.42 Å². The molecule has 1 aromatic heterocycles. The number of carbonyl (C=O) groups excluding carboxylic acids is 1. The highest BCUT2D eigenvalue weighted by atomic mass is 32.2. The molecule has 0 aromatic carbocycles. The fourth-order valence-corrected chi connectivity index (χ4v) is 4.11. The number of piperidine rings is 1. The van der Waals surface area contributed by atoms with Gasteiger partial charge in [-0.1, -0.05) is 5.16 Å². The monoisotopic (exact) mass is 315 g/mol. The number of carbonyl (C=O) groups is 1. The quantitative estimate of drug-likeness (QED) is 0.894. The van der Waals surface area contributed by atoms with E-state index < -0.39 is 16.1 Å². The third kappa shape index (κ3) is 3.44. The van der Waals surface area contributed by atoms with Crippen LogP contribution in [0.1, 0.15) is 37.6 Å². The lowest BCUT2D eigenvalue weighted by atomic mass is 10.1. The van der Waals surface area contributed by atoms with E-state index in [-0.39, 0.29) is 22.3 Å². The van der Waals surface area contributed by atoms with Crippen molar-refractivity contribution in [3.05, 3.63) is 11.5 Å². The van der Waals surface area contributed by atoms with Crippen LogP contribution in [0.2, 0.25) is 0 Å². The lowest BCUT2D eigenvalue weighted by Gasteiger charge is -2.29. The van der Waals surface area contributed by atoms with E-state index in [2.05, 4.69) is 9.88 Å². The van der Waals surface area contributed by atoms with E-state index >= 15 is 0 Å². The van der Waals surface area contributed by atoms with Crippen LogP contribution < -0.4 is 4.72 Å². The van der Waals surface area contributed by atoms with Crippen molar-refractivity contribution >= 4 is 15.9 Å². The number of nitrogens with one attached hydrogen (secondary N) is 1. The number of amides is 1. The van der Waals surface area contributed by atoms with Gasteiger partial charge in [0.2, 0.25) is 15.9 Å². The molecular formula is C13H21N3O4S. The summed E-state index contributed by atoms with van der Waals surface area (Å²) in [6.07, 6.45) is 3.05. The molecule has 1 saturated heterocycles. The number of hydrogen-bond acceptors (Lipinski definition) is 5. The third-order valence-corrected chi connectivity index (χ3v) is 5.39. The number of aromatic nitrogens is 1. The first-order valence-corrected chi connectivity index (χ1v) is 8.55. The zero-order valence-corrected chi connectivity index (χ0v) is 13.4. The summed E-state index contributed by atoms with van der Waals surface area (Å²) >= 11 is 0. The van der Waals surface area contributed by atoms with Gasteiger partial charge in [0.05, 0.1) is 6.04 Å². The Balaban J connectivity index is 2.11. The van der Waals surface area contributed by atoms with Gasteiger partial charge in [-0.2, -0.15) is 4.72 Å². The van der Waals surface area contributed by atoms with Crippen molar-refractivity contribution in [1.29, 1.82) is 0 Å². The van der Waals surface area contributed by atoms with Gasteiger partial charge in [0.15, 0.2) is 5.76 Å². The Labute approximate surface area is 124 Å². The van der Waals surface area contributed by atoms with Crippen LogP contribution in [-0.4, -0.2) is 43.5 Å². The highest BCUT2D eigenvalue weighted by Crippen LogP contribution is 2.19. The molecule has 21 heavy (non-hydrogen) atoms. The molecular weight excluding hydrogens is 294 g/mol. The summed E-state index contributed by atoms with van der Waals surface area (Å²) in [6, 6.07) is -0.804. The molecule has 1 atom stereocenters. The summed E-state index contributed by atoms with van der Waals surface area (Å²) in [5.74, 6) is 0.0302. The van der Waals surface area contributed by atoms with Crippen LogP contribution in [0.4, 0.5) is 0 Å². The minimum Gasteiger partial charge on any atom is -0.360 e. The maximum absolute atomic E-state index is 12.4. The lowest BCUT2D eigenvalue weighted by Crippen LogP contribution is -2.48. The summed E-state index contributed by atoms with van der Waals surface area (Å²) in [5.41, 5.74) is 0.289. The molecule has 0 spiro atoms. The maximum Gasteiger partial charge on any atom is 0.246 e. The second-order valence-electron chi connectivity index (χ2n) is 5.38. The Morgan fingerprint density at radius 3 is 2.43 bits per heavy atom. The molecule has 2 heterocycles. The highest BCUT2D eigenvalue weighted by molar-refractivity contribution is 7.89. The number of nitrogens with zero attached hydrogens (tertiary/aromatic N) is 2. The molecule has 1 aliphatic heterocycles. The first kappa shape index (κ1) is 16.0. The van der Waals surface area contributed by atoms with Crippen molar-refractivity contribution < 1.29 is 17.7 Å². The van der Waals surface area contributed by atoms with Crippen LogP contribution in [-0.2, 0) is 14.8 Å². The molecule has 1 fully saturated rings. The molecule has 1 amide bonds. The summed E-state index contributed by atoms with van der Waals surface area (Å²) in [4.78, 5) is 14.0. The molecule has 0 saturated carbocycles. The lowest BCUT2D eigenvalue weighted by molar-refractivity contribution is -0.133. The number of hydrogen-bond donors (Lipinski definition) is 1. The van der Waals surface area contributed by atoms with Crippen LogP contribution in [0.25, 0.3) is 0 Å². The van der Waals surface area contributed by atoms with Gasteiger partial charge in [-0.05, 0) is 40.0 Å². The van der Waals surface area contributed by atoms with E-state index in [1.807, 2.05) is 0 Å². The Bertz CT molecular complexity index is 598. The maximum atomic E-state index is 12.4. The molecule has 1 aromatic rings. The summed E-state index contributed by atoms with van der Waals surface area (Å²) < 4.78 is 32.0. The van der Waals surface area contributed by atoms with Gasteiger partial charge in [0.1, 0.15) is 10.6 Å². The second kappa shape index (κ2) is 6.15. The van der Waals surface area contributed by atoms with Crippen LogP contribution in [0, 0.1) is 13.8 Å². The van der Waals surface area contributed by atoms with E-state index in [4.69, 9.17) is 4.52 Å². The van der Waals surface area contributed by atoms with Gasteiger partial charge in [0, 0.05) is 13.1 Å². The van der Waals surface area contributed by atoms with Crippen LogP contribution in [0.5, 0.6) is 0 Å². The van der Waals surface area contributed by atoms with Crippen molar-refractivity contribution in [2.24, 2.45) is 0 Å². The highest BCUT2D eigenvalue weighted by Gasteiger charge is 2.30. The standard InChI is InChI=1S/C13H21N3O4S/c1-9-12(11(3)20-14-9)21(18,19)15-10(2)13(17)16-7-5-4-6-8-16/h10,15H,4-8H2,1-3H3/t10-/m0/s1. The number of rotatable bonds is 4. The molecule has 1 N–H and O–H groups in total. The molecule has 0 radical (unpaired) electrons. The molecule has 0 unspecified atom stereocenters. The van der Waals surface area contributed by atoms with Crippen molar-refractivity contribution in [2.45, 2.75) is 51.0 Å². The minimum absolute atomic E-state index is 0.0146. The van der Waals surface area contributed by atoms with Gasteiger partial charge in [-0.15, -0.1) is 0 Å². The smallest absolute Gasteiger partial charge is 0.246 e. The van der Waals surface area contributed by atoms with Crippen molar-refractivity contribution in [3.8, 4) is 0 Å². The van der Waals surface area contributed by atoms with Crippen molar-refractivity contribution in [1.82, 2.24) is 14.8 Å². The van der Waals surface area contributed by atoms with Gasteiger partial charge >= 0.3 is 0 Å². The van der Waals surface area contributed by atoms with Crippen molar-refractivity contribution in [3.63, 3.8) is 0 Å². The van der Waals surface area contributed by atoms with Gasteiger partial charge in [-0.3, -0.25) is 4.79 Å². The molecule has 8 heteroatoms. The molecule has 7 nitrogen and oxygen atoms in total. The molecule has 0 bridgehead atoms. The summed E-state index contributed by atoms with van der Waals surface area (Å²) in [6.45, 7) is 6.03. The number of likely N-dealkylation sites (tertiary alicyclic amines) is 1. The Hall–Kier alpha value is -1.41. The zero-order chi connectivity index (χ0) is 15.6. The predicted molar refractivity (Wildman–Crippen MR) is 76.2 cm³/mol. The molecule has 1 aliphatic rings. The normalized spacial score (nSPS) is 17.8. The molecule has 2 rings (SSSR count). The minimum atomic E-state index is -3.81. The second-order valence-corrected chi connectivity index (χ2v) is 7.03. The fourth-order valence-electron chi connectivity index (χ4n) is 2.59. The van der Waals surface area contributed by atoms with Crippen LogP contribution in [0.3, 0.4) is 0 Å². The number of sulfonamides is 1. The Morgan fingerprint density at radius 2 is 1.90 bits per heavy atom. The zero-order valence-electron chi connectivity index (χ0n) is 12.5. The SMILES string of the molecule is Cc1noc(C)c1S(=O)(=O)N[C@@H](C)C(=O)N1CCCCC1. The first-order valence-electron chi connectivity index (χ1n) is 7.07. The van der Waals surface area contributed by atoms with E-state index in [0.717, 1.165) is 19.3 Å². The Kier molecular flexibility index (Phi) is 4.67. The average molecular weight is 315 g/mol. The van der Waals surface area contributed by atoms with E-state index in [9.17, 15) is 13.2 Å². The van der Waals surface area contributed by atoms with Crippen LogP contribution in [0.15, 0.2) is 9.42 Å².